The molecule has 172 valence electrons. The number of hydrogen-bond donors (Lipinski definition) is 7. The molecule has 0 saturated heterocycles. The Kier molecular flexibility index (Phi) is 7.30. The van der Waals surface area contributed by atoms with Crippen LogP contribution in [0.2, 0.25) is 0 Å². The molecule has 0 spiro atoms. The maximum Gasteiger partial charge on any atom is 0.573 e. The van der Waals surface area contributed by atoms with Crippen LogP contribution in [0.4, 0.5) is 23.7 Å². The van der Waals surface area contributed by atoms with Gasteiger partial charge in [-0.25, -0.2) is 4.79 Å². The van der Waals surface area contributed by atoms with Gasteiger partial charge in [-0.3, -0.25) is 9.59 Å². The molecule has 14 heteroatoms. The molecule has 1 aromatic rings. The summed E-state index contributed by atoms with van der Waals surface area (Å²) in [5, 5.41) is 37.2. The molecule has 2 rings (SSSR count). The van der Waals surface area contributed by atoms with Crippen LogP contribution in [-0.4, -0.2) is 69.9 Å². The number of benzene rings is 1. The number of alkyl halides is 3. The van der Waals surface area contributed by atoms with E-state index < -0.39 is 73.2 Å². The third-order valence-electron chi connectivity index (χ3n) is 4.42. The Bertz CT molecular complexity index is 821. The number of hydrogen-bond acceptors (Lipinski definition) is 7. The Morgan fingerprint density at radius 3 is 2.32 bits per heavy atom. The van der Waals surface area contributed by atoms with Gasteiger partial charge in [0.2, 0.25) is 5.91 Å². The molecule has 0 radical (unpaired) electrons. The monoisotopic (exact) mass is 450 g/mol. The normalized spacial score (nSPS) is 25.9. The second-order valence-corrected chi connectivity index (χ2v) is 6.92. The standard InChI is InChI=1S/C17H21F3N4O7/c18-17(19,20)31-9-3-1-8(2-4-9)23-15(29)24-10-5-16(30,6-11(25)13(10)27)14(28)22-7-12(21)26/h1-4,10-11,13,25,27,30H,5-7H2,(H2,21,26)(H,22,28)(H2,23,24,29). The van der Waals surface area contributed by atoms with Gasteiger partial charge >= 0.3 is 12.4 Å². The van der Waals surface area contributed by atoms with E-state index in [0.29, 0.717) is 0 Å². The zero-order valence-corrected chi connectivity index (χ0v) is 15.8. The van der Waals surface area contributed by atoms with Crippen LogP contribution >= 0.6 is 0 Å². The van der Waals surface area contributed by atoms with E-state index in [9.17, 15) is 42.9 Å². The molecule has 1 fully saturated rings. The van der Waals surface area contributed by atoms with Gasteiger partial charge in [0.1, 0.15) is 17.5 Å². The molecule has 4 unspecified atom stereocenters. The number of aliphatic hydroxyl groups excluding tert-OH is 2. The van der Waals surface area contributed by atoms with Crippen molar-refractivity contribution in [2.45, 2.75) is 43.1 Å². The number of rotatable bonds is 6. The zero-order valence-electron chi connectivity index (χ0n) is 15.8. The average molecular weight is 450 g/mol. The van der Waals surface area contributed by atoms with Gasteiger partial charge in [-0.2, -0.15) is 0 Å². The summed E-state index contributed by atoms with van der Waals surface area (Å²) in [6, 6.07) is 1.97. The first-order chi connectivity index (χ1) is 14.3. The number of ether oxygens (including phenoxy) is 1. The van der Waals surface area contributed by atoms with Crippen LogP contribution in [0.25, 0.3) is 0 Å². The van der Waals surface area contributed by atoms with Gasteiger partial charge in [0.05, 0.1) is 18.7 Å². The lowest BCUT2D eigenvalue weighted by Crippen LogP contribution is -2.63. The van der Waals surface area contributed by atoms with Gasteiger partial charge in [-0.1, -0.05) is 0 Å². The third-order valence-corrected chi connectivity index (χ3v) is 4.42. The van der Waals surface area contributed by atoms with Crippen molar-refractivity contribution in [2.24, 2.45) is 5.73 Å². The summed E-state index contributed by atoms with van der Waals surface area (Å²) in [5.41, 5.74) is 2.79. The van der Waals surface area contributed by atoms with Crippen LogP contribution in [0.5, 0.6) is 5.75 Å². The minimum Gasteiger partial charge on any atom is -0.406 e. The number of carbonyl (C=O) groups excluding carboxylic acids is 3. The lowest BCUT2D eigenvalue weighted by Gasteiger charge is -2.41. The number of aliphatic hydroxyl groups is 3. The van der Waals surface area contributed by atoms with Crippen LogP contribution in [0.1, 0.15) is 12.8 Å². The fraction of sp³-hybridized carbons (Fsp3) is 0.471. The zero-order chi connectivity index (χ0) is 23.4. The van der Waals surface area contributed by atoms with E-state index in [1.54, 1.807) is 0 Å². The van der Waals surface area contributed by atoms with Gasteiger partial charge in [0, 0.05) is 18.5 Å². The maximum absolute atomic E-state index is 12.2. The summed E-state index contributed by atoms with van der Waals surface area (Å²) >= 11 is 0. The Hall–Kier alpha value is -3.10. The number of urea groups is 1. The first kappa shape index (κ1) is 24.2. The first-order valence-electron chi connectivity index (χ1n) is 8.87. The van der Waals surface area contributed by atoms with Gasteiger partial charge < -0.3 is 41.7 Å². The topological polar surface area (TPSA) is 183 Å². The fourth-order valence-corrected chi connectivity index (χ4v) is 3.03. The van der Waals surface area contributed by atoms with Crippen molar-refractivity contribution < 1.29 is 47.6 Å². The number of nitrogens with one attached hydrogen (secondary N) is 3. The van der Waals surface area contributed by atoms with E-state index in [2.05, 4.69) is 20.7 Å². The summed E-state index contributed by atoms with van der Waals surface area (Å²) in [5.74, 6) is -2.39. The molecular weight excluding hydrogens is 429 g/mol. The molecule has 1 aliphatic rings. The van der Waals surface area contributed by atoms with Crippen LogP contribution in [0.3, 0.4) is 0 Å². The Balaban J connectivity index is 2.00. The Morgan fingerprint density at radius 2 is 1.77 bits per heavy atom. The summed E-state index contributed by atoms with van der Waals surface area (Å²) in [7, 11) is 0. The van der Waals surface area contributed by atoms with Crippen molar-refractivity contribution in [3.8, 4) is 5.75 Å². The van der Waals surface area contributed by atoms with Gasteiger partial charge in [0.15, 0.2) is 0 Å². The molecule has 1 saturated carbocycles. The number of amides is 4. The Morgan fingerprint density at radius 1 is 1.16 bits per heavy atom. The predicted octanol–water partition coefficient (Wildman–Crippen LogP) is -1.08. The molecule has 0 aliphatic heterocycles. The number of anilines is 1. The minimum atomic E-state index is -4.87. The highest BCUT2D eigenvalue weighted by atomic mass is 19.4. The maximum atomic E-state index is 12.2. The number of halogens is 3. The molecule has 1 aliphatic carbocycles. The van der Waals surface area contributed by atoms with Crippen LogP contribution < -0.4 is 26.4 Å². The van der Waals surface area contributed by atoms with Gasteiger partial charge in [0.25, 0.3) is 5.91 Å². The van der Waals surface area contributed by atoms with Crippen molar-refractivity contribution in [3.63, 3.8) is 0 Å². The number of carbonyl (C=O) groups is 3. The summed E-state index contributed by atoms with van der Waals surface area (Å²) in [6.45, 7) is -0.563. The molecule has 0 heterocycles. The van der Waals surface area contributed by atoms with E-state index in [0.717, 1.165) is 24.3 Å². The second-order valence-electron chi connectivity index (χ2n) is 6.92. The van der Waals surface area contributed by atoms with Crippen molar-refractivity contribution in [2.75, 3.05) is 11.9 Å². The van der Waals surface area contributed by atoms with Crippen LogP contribution in [-0.2, 0) is 9.59 Å². The van der Waals surface area contributed by atoms with E-state index in [1.807, 2.05) is 0 Å². The molecule has 4 atom stereocenters. The quantitative estimate of drug-likeness (QED) is 0.288. The van der Waals surface area contributed by atoms with Gasteiger partial charge in [-0.05, 0) is 24.3 Å². The highest BCUT2D eigenvalue weighted by Crippen LogP contribution is 2.30. The number of primary amides is 1. The van der Waals surface area contributed by atoms with Crippen molar-refractivity contribution in [1.29, 1.82) is 0 Å². The summed E-state index contributed by atoms with van der Waals surface area (Å²) in [6.07, 6.45) is -9.04. The van der Waals surface area contributed by atoms with E-state index in [1.165, 1.54) is 0 Å². The molecule has 0 bridgehead atoms. The molecule has 0 aromatic heterocycles. The van der Waals surface area contributed by atoms with E-state index in [-0.39, 0.29) is 5.69 Å². The molecule has 31 heavy (non-hydrogen) atoms. The summed E-state index contributed by atoms with van der Waals surface area (Å²) < 4.78 is 40.2. The van der Waals surface area contributed by atoms with Crippen molar-refractivity contribution >= 4 is 23.5 Å². The van der Waals surface area contributed by atoms with E-state index in [4.69, 9.17) is 5.73 Å². The second kappa shape index (κ2) is 9.36. The van der Waals surface area contributed by atoms with Crippen molar-refractivity contribution in [3.05, 3.63) is 24.3 Å². The molecule has 8 N–H and O–H groups in total. The molecule has 4 amide bonds. The Labute approximate surface area is 173 Å². The fourth-order valence-electron chi connectivity index (χ4n) is 3.03. The van der Waals surface area contributed by atoms with E-state index >= 15 is 0 Å². The van der Waals surface area contributed by atoms with Crippen LogP contribution in [0.15, 0.2) is 24.3 Å². The lowest BCUT2D eigenvalue weighted by molar-refractivity contribution is -0.274. The average Bonchev–Trinajstić information content (AvgIpc) is 2.64. The van der Waals surface area contributed by atoms with Crippen molar-refractivity contribution in [1.82, 2.24) is 10.6 Å². The highest BCUT2D eigenvalue weighted by molar-refractivity contribution is 5.91. The van der Waals surface area contributed by atoms with Crippen LogP contribution in [0, 0.1) is 0 Å². The first-order valence-corrected chi connectivity index (χ1v) is 8.87. The lowest BCUT2D eigenvalue weighted by atomic mass is 9.77. The molecular formula is C17H21F3N4O7. The largest absolute Gasteiger partial charge is 0.573 e. The SMILES string of the molecule is NC(=O)CNC(=O)C1(O)CC(O)C(O)C(NC(=O)Nc2ccc(OC(F)(F)F)cc2)C1. The summed E-state index contributed by atoms with van der Waals surface area (Å²) in [4.78, 5) is 35.1. The molecule has 11 nitrogen and oxygen atoms in total. The highest BCUT2D eigenvalue weighted by Gasteiger charge is 2.49. The minimum absolute atomic E-state index is 0.0762. The van der Waals surface area contributed by atoms with Gasteiger partial charge in [-0.15, -0.1) is 13.2 Å². The smallest absolute Gasteiger partial charge is 0.406 e. The number of nitrogens with two attached hydrogens (primary N) is 1. The third kappa shape index (κ3) is 6.97. The molecule has 1 aromatic carbocycles. The predicted molar refractivity (Wildman–Crippen MR) is 97.5 cm³/mol.